The van der Waals surface area contributed by atoms with Crippen molar-refractivity contribution in [2.45, 2.75) is 46.0 Å². The Morgan fingerprint density at radius 3 is 2.14 bits per heavy atom. The Balaban J connectivity index is 2.41. The van der Waals surface area contributed by atoms with Crippen molar-refractivity contribution in [2.75, 3.05) is 13.2 Å². The third-order valence-electron chi connectivity index (χ3n) is 2.59. The molecule has 0 amide bonds. The molecule has 0 saturated heterocycles. The number of allylic oxidation sites excluding steroid dienone is 1. The lowest BCUT2D eigenvalue weighted by atomic mass is 9.89. The Morgan fingerprint density at radius 1 is 1.07 bits per heavy atom. The molecule has 0 spiro atoms. The van der Waals surface area contributed by atoms with E-state index < -0.39 is 0 Å². The first-order valence-corrected chi connectivity index (χ1v) is 5.84. The highest BCUT2D eigenvalue weighted by Gasteiger charge is 2.12. The molecule has 0 bridgehead atoms. The molecule has 0 aromatic carbocycles. The topological polar surface area (TPSA) is 18.5 Å². The van der Waals surface area contributed by atoms with Gasteiger partial charge in [0.15, 0.2) is 0 Å². The minimum atomic E-state index is 0.678. The smallest absolute Gasteiger partial charge is 0.275 e. The largest absolute Gasteiger partial charge is 0.466 e. The first-order chi connectivity index (χ1) is 6.86. The Morgan fingerprint density at radius 2 is 1.64 bits per heavy atom. The summed E-state index contributed by atoms with van der Waals surface area (Å²) in [4.78, 5) is 0. The van der Waals surface area contributed by atoms with Crippen LogP contribution in [0.4, 0.5) is 0 Å². The van der Waals surface area contributed by atoms with E-state index in [4.69, 9.17) is 9.47 Å². The molecular weight excluding hydrogens is 176 g/mol. The minimum Gasteiger partial charge on any atom is -0.466 e. The summed E-state index contributed by atoms with van der Waals surface area (Å²) in [7, 11) is 0. The maximum absolute atomic E-state index is 5.42. The number of hydrogen-bond donors (Lipinski definition) is 0. The van der Waals surface area contributed by atoms with Crippen LogP contribution in [0, 0.1) is 5.92 Å². The molecule has 1 aliphatic carbocycles. The van der Waals surface area contributed by atoms with Gasteiger partial charge < -0.3 is 9.47 Å². The second-order valence-corrected chi connectivity index (χ2v) is 3.75. The van der Waals surface area contributed by atoms with Crippen molar-refractivity contribution in [2.24, 2.45) is 5.92 Å². The first kappa shape index (κ1) is 11.4. The molecule has 0 heterocycles. The monoisotopic (exact) mass is 198 g/mol. The Labute approximate surface area is 87.3 Å². The van der Waals surface area contributed by atoms with Gasteiger partial charge in [0.1, 0.15) is 0 Å². The summed E-state index contributed by atoms with van der Waals surface area (Å²) in [6.45, 7) is 5.37. The van der Waals surface area contributed by atoms with Crippen molar-refractivity contribution < 1.29 is 9.47 Å². The maximum atomic E-state index is 5.42. The van der Waals surface area contributed by atoms with Gasteiger partial charge in [0, 0.05) is 0 Å². The highest BCUT2D eigenvalue weighted by Crippen LogP contribution is 2.25. The summed E-state index contributed by atoms with van der Waals surface area (Å²) in [6.07, 6.45) is 8.86. The van der Waals surface area contributed by atoms with Gasteiger partial charge >= 0.3 is 0 Å². The van der Waals surface area contributed by atoms with Crippen LogP contribution in [0.5, 0.6) is 0 Å². The van der Waals surface area contributed by atoms with Gasteiger partial charge in [0.05, 0.1) is 13.2 Å². The average Bonchev–Trinajstić information content (AvgIpc) is 2.20. The molecule has 2 heteroatoms. The second kappa shape index (κ2) is 6.74. The lowest BCUT2D eigenvalue weighted by Gasteiger charge is -2.19. The summed E-state index contributed by atoms with van der Waals surface area (Å²) in [5, 5.41) is 0. The van der Waals surface area contributed by atoms with Crippen LogP contribution < -0.4 is 0 Å². The number of ether oxygens (including phenoxy) is 2. The first-order valence-electron chi connectivity index (χ1n) is 5.84. The van der Waals surface area contributed by atoms with Crippen LogP contribution in [0.25, 0.3) is 0 Å². The zero-order valence-corrected chi connectivity index (χ0v) is 9.42. The zero-order valence-electron chi connectivity index (χ0n) is 9.42. The molecular formula is C12H22O2. The minimum absolute atomic E-state index is 0.678. The standard InChI is InChI=1S/C12H22O2/c1-3-13-12(14-4-2)10-11-8-6-5-7-9-11/h10-11H,3-9H2,1-2H3. The van der Waals surface area contributed by atoms with E-state index in [0.29, 0.717) is 19.1 Å². The fourth-order valence-electron chi connectivity index (χ4n) is 1.92. The van der Waals surface area contributed by atoms with Gasteiger partial charge in [-0.3, -0.25) is 0 Å². The van der Waals surface area contributed by atoms with Crippen LogP contribution in [0.1, 0.15) is 46.0 Å². The fourth-order valence-corrected chi connectivity index (χ4v) is 1.92. The van der Waals surface area contributed by atoms with E-state index in [1.54, 1.807) is 0 Å². The Kier molecular flexibility index (Phi) is 5.50. The van der Waals surface area contributed by atoms with E-state index in [9.17, 15) is 0 Å². The van der Waals surface area contributed by atoms with Gasteiger partial charge in [0.25, 0.3) is 5.95 Å². The van der Waals surface area contributed by atoms with E-state index in [0.717, 1.165) is 5.95 Å². The number of rotatable bonds is 5. The zero-order chi connectivity index (χ0) is 10.2. The molecule has 0 atom stereocenters. The normalized spacial score (nSPS) is 17.6. The Bertz CT molecular complexity index is 161. The molecule has 1 aliphatic rings. The van der Waals surface area contributed by atoms with Gasteiger partial charge in [-0.2, -0.15) is 0 Å². The quantitative estimate of drug-likeness (QED) is 0.630. The van der Waals surface area contributed by atoms with E-state index >= 15 is 0 Å². The highest BCUT2D eigenvalue weighted by molar-refractivity contribution is 4.91. The van der Waals surface area contributed by atoms with Crippen molar-refractivity contribution in [3.63, 3.8) is 0 Å². The highest BCUT2D eigenvalue weighted by atomic mass is 16.7. The average molecular weight is 198 g/mol. The van der Waals surface area contributed by atoms with E-state index in [2.05, 4.69) is 6.08 Å². The lowest BCUT2D eigenvalue weighted by Crippen LogP contribution is -2.06. The molecule has 0 N–H and O–H groups in total. The molecule has 14 heavy (non-hydrogen) atoms. The van der Waals surface area contributed by atoms with Crippen LogP contribution in [0.15, 0.2) is 12.0 Å². The molecule has 1 saturated carbocycles. The van der Waals surface area contributed by atoms with Gasteiger partial charge in [0.2, 0.25) is 0 Å². The maximum Gasteiger partial charge on any atom is 0.275 e. The summed E-state index contributed by atoms with van der Waals surface area (Å²) in [5.41, 5.74) is 0. The SMILES string of the molecule is CCOC(=CC1CCCCC1)OCC. The molecule has 2 nitrogen and oxygen atoms in total. The van der Waals surface area contributed by atoms with E-state index in [1.165, 1.54) is 32.1 Å². The summed E-state index contributed by atoms with van der Waals surface area (Å²) < 4.78 is 10.8. The van der Waals surface area contributed by atoms with Crippen LogP contribution in [0.3, 0.4) is 0 Å². The van der Waals surface area contributed by atoms with Gasteiger partial charge in [-0.05, 0) is 38.7 Å². The third-order valence-corrected chi connectivity index (χ3v) is 2.59. The van der Waals surface area contributed by atoms with Gasteiger partial charge in [-0.25, -0.2) is 0 Å². The van der Waals surface area contributed by atoms with E-state index in [1.807, 2.05) is 13.8 Å². The van der Waals surface area contributed by atoms with Gasteiger partial charge in [-0.15, -0.1) is 0 Å². The predicted molar refractivity (Wildman–Crippen MR) is 57.9 cm³/mol. The molecule has 82 valence electrons. The fraction of sp³-hybridized carbons (Fsp3) is 0.833. The van der Waals surface area contributed by atoms with Crippen molar-refractivity contribution in [1.82, 2.24) is 0 Å². The molecule has 1 rings (SSSR count). The van der Waals surface area contributed by atoms with Crippen molar-refractivity contribution in [3.05, 3.63) is 12.0 Å². The van der Waals surface area contributed by atoms with Crippen LogP contribution in [-0.4, -0.2) is 13.2 Å². The van der Waals surface area contributed by atoms with Gasteiger partial charge in [-0.1, -0.05) is 19.3 Å². The Hall–Kier alpha value is -0.660. The molecule has 0 radical (unpaired) electrons. The van der Waals surface area contributed by atoms with Crippen molar-refractivity contribution >= 4 is 0 Å². The van der Waals surface area contributed by atoms with Crippen LogP contribution in [0.2, 0.25) is 0 Å². The molecule has 0 aliphatic heterocycles. The van der Waals surface area contributed by atoms with Crippen LogP contribution in [-0.2, 0) is 9.47 Å². The summed E-state index contributed by atoms with van der Waals surface area (Å²) >= 11 is 0. The molecule has 1 fully saturated rings. The van der Waals surface area contributed by atoms with Crippen molar-refractivity contribution in [1.29, 1.82) is 0 Å². The molecule has 0 aromatic heterocycles. The molecule has 0 unspecified atom stereocenters. The second-order valence-electron chi connectivity index (χ2n) is 3.75. The number of hydrogen-bond acceptors (Lipinski definition) is 2. The third kappa shape index (κ3) is 4.03. The predicted octanol–water partition coefficient (Wildman–Crippen LogP) is 3.48. The molecule has 0 aromatic rings. The van der Waals surface area contributed by atoms with Crippen molar-refractivity contribution in [3.8, 4) is 0 Å². The summed E-state index contributed by atoms with van der Waals surface area (Å²) in [6, 6.07) is 0. The van der Waals surface area contributed by atoms with Crippen LogP contribution >= 0.6 is 0 Å². The summed E-state index contributed by atoms with van der Waals surface area (Å²) in [5.74, 6) is 1.42. The lowest BCUT2D eigenvalue weighted by molar-refractivity contribution is 0.0434. The van der Waals surface area contributed by atoms with E-state index in [-0.39, 0.29) is 0 Å².